The maximum atomic E-state index is 5.29. The predicted octanol–water partition coefficient (Wildman–Crippen LogP) is 13.7. The zero-order chi connectivity index (χ0) is 41.0. The molecular weight excluding hydrogens is 755 g/mol. The molecule has 0 bridgehead atoms. The number of aromatic nitrogens is 2. The third kappa shape index (κ3) is 5.94. The lowest BCUT2D eigenvalue weighted by Crippen LogP contribution is -2.33. The number of nitrogens with zero attached hydrogens (tertiary/aromatic N) is 4. The van der Waals surface area contributed by atoms with Gasteiger partial charge in [0.1, 0.15) is 12.0 Å². The van der Waals surface area contributed by atoms with Gasteiger partial charge in [-0.15, -0.1) is 0 Å². The highest BCUT2D eigenvalue weighted by molar-refractivity contribution is 6.15. The van der Waals surface area contributed by atoms with Crippen LogP contribution in [0.1, 0.15) is 22.9 Å². The van der Waals surface area contributed by atoms with Crippen molar-refractivity contribution in [3.8, 4) is 33.6 Å². The highest BCUT2D eigenvalue weighted by Gasteiger charge is 2.24. The van der Waals surface area contributed by atoms with E-state index >= 15 is 0 Å². The van der Waals surface area contributed by atoms with Crippen molar-refractivity contribution in [2.24, 2.45) is 9.98 Å². The molecule has 0 saturated carbocycles. The van der Waals surface area contributed by atoms with Crippen molar-refractivity contribution in [2.45, 2.75) is 6.17 Å². The van der Waals surface area contributed by atoms with E-state index in [-0.39, 0.29) is 6.17 Å². The van der Waals surface area contributed by atoms with Gasteiger partial charge in [0.25, 0.3) is 0 Å². The minimum Gasteiger partial charge on any atom is -0.344 e. The lowest BCUT2D eigenvalue weighted by Gasteiger charge is -2.25. The van der Waals surface area contributed by atoms with Crippen molar-refractivity contribution in [1.82, 2.24) is 14.5 Å². The van der Waals surface area contributed by atoms with Crippen LogP contribution in [-0.2, 0) is 0 Å². The number of hydrogen-bond acceptors (Lipinski definition) is 3. The second kappa shape index (κ2) is 14.8. The summed E-state index contributed by atoms with van der Waals surface area (Å²) in [6.45, 7) is 0. The average Bonchev–Trinajstić information content (AvgIpc) is 3.87. The summed E-state index contributed by atoms with van der Waals surface area (Å²) >= 11 is 0. The maximum absolute atomic E-state index is 5.29. The van der Waals surface area contributed by atoms with E-state index in [1.165, 1.54) is 43.7 Å². The summed E-state index contributed by atoms with van der Waals surface area (Å²) in [5, 5.41) is 8.57. The molecule has 5 heteroatoms. The quantitative estimate of drug-likeness (QED) is 0.172. The first kappa shape index (κ1) is 35.6. The number of benzene rings is 9. The van der Waals surface area contributed by atoms with E-state index in [1.54, 1.807) is 0 Å². The van der Waals surface area contributed by atoms with Crippen LogP contribution in [0, 0.1) is 0 Å². The van der Waals surface area contributed by atoms with Gasteiger partial charge in [-0.3, -0.25) is 0 Å². The van der Waals surface area contributed by atoms with Gasteiger partial charge in [0.15, 0.2) is 5.84 Å². The number of aliphatic imine (C=N–C) groups is 2. The summed E-state index contributed by atoms with van der Waals surface area (Å²) in [7, 11) is 0. The lowest BCUT2D eigenvalue weighted by molar-refractivity contribution is 0.674. The molecule has 0 amide bonds. The molecule has 1 aliphatic rings. The van der Waals surface area contributed by atoms with E-state index in [2.05, 4.69) is 203 Å². The highest BCUT2D eigenvalue weighted by Crippen LogP contribution is 2.42. The summed E-state index contributed by atoms with van der Waals surface area (Å²) in [6.07, 6.45) is -0.390. The van der Waals surface area contributed by atoms with Gasteiger partial charge in [-0.1, -0.05) is 194 Å². The number of hydrogen-bond donors (Lipinski definition) is 1. The molecule has 1 atom stereocenters. The molecule has 0 saturated heterocycles. The van der Waals surface area contributed by atoms with E-state index < -0.39 is 0 Å². The molecule has 0 fully saturated rings. The Hall–Kier alpha value is -8.28. The number of fused-ring (bicyclic) bond motifs is 6. The van der Waals surface area contributed by atoms with E-state index in [9.17, 15) is 0 Å². The molecule has 3 heterocycles. The number of nitrogens with one attached hydrogen (secondary N) is 1. The van der Waals surface area contributed by atoms with Crippen molar-refractivity contribution >= 4 is 55.3 Å². The van der Waals surface area contributed by atoms with Gasteiger partial charge in [0.05, 0.1) is 27.8 Å². The van der Waals surface area contributed by atoms with Crippen LogP contribution in [0.15, 0.2) is 234 Å². The maximum Gasteiger partial charge on any atom is 0.159 e. The lowest BCUT2D eigenvalue weighted by atomic mass is 9.99. The average molecular weight is 794 g/mol. The zero-order valence-electron chi connectivity index (χ0n) is 33.7. The zero-order valence-corrected chi connectivity index (χ0v) is 33.7. The van der Waals surface area contributed by atoms with Gasteiger partial charge in [-0.25, -0.2) is 9.98 Å². The van der Waals surface area contributed by atoms with Crippen LogP contribution in [0.25, 0.3) is 77.2 Å². The topological polar surface area (TPSA) is 46.6 Å². The van der Waals surface area contributed by atoms with Gasteiger partial charge >= 0.3 is 0 Å². The molecule has 12 rings (SSSR count). The van der Waals surface area contributed by atoms with Crippen LogP contribution in [0.5, 0.6) is 0 Å². The predicted molar refractivity (Wildman–Crippen MR) is 258 cm³/mol. The molecular formula is C57H39N5. The second-order valence-electron chi connectivity index (χ2n) is 15.8. The fraction of sp³-hybridized carbons (Fsp3) is 0.0175. The van der Waals surface area contributed by atoms with E-state index in [4.69, 9.17) is 9.98 Å². The van der Waals surface area contributed by atoms with Crippen molar-refractivity contribution in [3.63, 3.8) is 0 Å². The standard InChI is InChI=1S/C57H39N5/c1-5-18-38(19-6-1)44-34-32-42(57-59-55(40-22-9-3-10-23-40)58-56(60-57)41-24-11-4-12-25-41)36-52(44)62-51-31-16-13-26-46(51)48-35-33-43(37-53(48)62)61-50-30-15-14-27-47(50)49-29-17-28-45(54(49)61)39-20-7-2-8-21-39/h1-37,57H,(H,58,59,60). The Kier molecular flexibility index (Phi) is 8.49. The summed E-state index contributed by atoms with van der Waals surface area (Å²) < 4.78 is 4.92. The monoisotopic (exact) mass is 793 g/mol. The number of amidine groups is 2. The highest BCUT2D eigenvalue weighted by atomic mass is 15.2. The van der Waals surface area contributed by atoms with Crippen LogP contribution >= 0.6 is 0 Å². The van der Waals surface area contributed by atoms with Gasteiger partial charge < -0.3 is 14.5 Å². The van der Waals surface area contributed by atoms with Crippen molar-refractivity contribution < 1.29 is 0 Å². The first-order valence-corrected chi connectivity index (χ1v) is 21.1. The molecule has 292 valence electrons. The Morgan fingerprint density at radius 2 is 0.935 bits per heavy atom. The largest absolute Gasteiger partial charge is 0.344 e. The molecule has 1 aliphatic heterocycles. The van der Waals surface area contributed by atoms with Crippen LogP contribution in [-0.4, -0.2) is 20.8 Å². The smallest absolute Gasteiger partial charge is 0.159 e. The van der Waals surface area contributed by atoms with Gasteiger partial charge in [0.2, 0.25) is 0 Å². The van der Waals surface area contributed by atoms with Gasteiger partial charge in [-0.2, -0.15) is 0 Å². The molecule has 62 heavy (non-hydrogen) atoms. The van der Waals surface area contributed by atoms with Gasteiger partial charge in [-0.05, 0) is 47.0 Å². The molecule has 0 radical (unpaired) electrons. The normalized spacial score (nSPS) is 14.0. The second-order valence-corrected chi connectivity index (χ2v) is 15.8. The van der Waals surface area contributed by atoms with E-state index in [0.717, 1.165) is 56.1 Å². The van der Waals surface area contributed by atoms with Crippen LogP contribution < -0.4 is 5.32 Å². The van der Waals surface area contributed by atoms with Crippen LogP contribution in [0.2, 0.25) is 0 Å². The number of rotatable bonds is 7. The fourth-order valence-corrected chi connectivity index (χ4v) is 9.34. The van der Waals surface area contributed by atoms with Crippen molar-refractivity contribution in [1.29, 1.82) is 0 Å². The Bertz CT molecular complexity index is 3530. The minimum atomic E-state index is -0.390. The SMILES string of the molecule is c1ccc(C2=NC(c3ccc(-c4ccccc4)c(-n4c5ccccc5c5ccc(-n6c7ccccc7c7cccc(-c8ccccc8)c76)cc54)c3)NC(c3ccccc3)=N2)cc1. The molecule has 2 aromatic heterocycles. The van der Waals surface area contributed by atoms with E-state index in [0.29, 0.717) is 5.84 Å². The number of para-hydroxylation sites is 3. The first-order valence-electron chi connectivity index (χ1n) is 21.1. The van der Waals surface area contributed by atoms with Crippen LogP contribution in [0.4, 0.5) is 0 Å². The molecule has 1 N–H and O–H groups in total. The third-order valence-corrected chi connectivity index (χ3v) is 12.2. The Balaban J connectivity index is 1.11. The first-order chi connectivity index (χ1) is 30.8. The van der Waals surface area contributed by atoms with Crippen molar-refractivity contribution in [2.75, 3.05) is 0 Å². The third-order valence-electron chi connectivity index (χ3n) is 12.2. The summed E-state index contributed by atoms with van der Waals surface area (Å²) in [5.74, 6) is 1.49. The minimum absolute atomic E-state index is 0.390. The van der Waals surface area contributed by atoms with E-state index in [1.807, 2.05) is 36.4 Å². The Morgan fingerprint density at radius 1 is 0.387 bits per heavy atom. The summed E-state index contributed by atoms with van der Waals surface area (Å²) in [5.41, 5.74) is 14.5. The van der Waals surface area contributed by atoms with Crippen molar-refractivity contribution in [3.05, 3.63) is 241 Å². The van der Waals surface area contributed by atoms with Gasteiger partial charge in [0, 0.05) is 49.5 Å². The Labute approximate surface area is 359 Å². The molecule has 11 aromatic rings. The summed E-state index contributed by atoms with van der Waals surface area (Å²) in [6, 6.07) is 80.1. The molecule has 9 aromatic carbocycles. The van der Waals surface area contributed by atoms with Crippen LogP contribution in [0.3, 0.4) is 0 Å². The fourth-order valence-electron chi connectivity index (χ4n) is 9.34. The Morgan fingerprint density at radius 3 is 1.63 bits per heavy atom. The molecule has 0 aliphatic carbocycles. The molecule has 5 nitrogen and oxygen atoms in total. The molecule has 0 spiro atoms. The summed E-state index contributed by atoms with van der Waals surface area (Å²) in [4.78, 5) is 10.4. The molecule has 1 unspecified atom stereocenters.